The average Bonchev–Trinajstić information content (AvgIpc) is 2.07. The number of aliphatic carboxylic acids is 1. The molecule has 0 aliphatic heterocycles. The molecule has 3 N–H and O–H groups in total. The molecule has 14 heavy (non-hydrogen) atoms. The number of carbonyl (C=O) groups is 2. The van der Waals surface area contributed by atoms with Gasteiger partial charge in [-0.1, -0.05) is 6.42 Å². The van der Waals surface area contributed by atoms with Crippen molar-refractivity contribution in [3.05, 3.63) is 0 Å². The molecule has 1 aliphatic rings. The van der Waals surface area contributed by atoms with Crippen molar-refractivity contribution in [1.82, 2.24) is 5.32 Å². The van der Waals surface area contributed by atoms with Gasteiger partial charge in [0.2, 0.25) is 5.91 Å². The second-order valence-corrected chi connectivity index (χ2v) is 3.64. The van der Waals surface area contributed by atoms with Crippen LogP contribution in [0.15, 0.2) is 0 Å². The minimum atomic E-state index is -1.20. The zero-order valence-corrected chi connectivity index (χ0v) is 7.90. The summed E-state index contributed by atoms with van der Waals surface area (Å²) in [4.78, 5) is 21.7. The molecule has 1 fully saturated rings. The van der Waals surface area contributed by atoms with Crippen molar-refractivity contribution in [2.45, 2.75) is 31.7 Å². The number of rotatable bonds is 5. The minimum Gasteiger partial charge on any atom is -0.480 e. The highest BCUT2D eigenvalue weighted by molar-refractivity contribution is 5.83. The Morgan fingerprint density at radius 2 is 2.07 bits per heavy atom. The van der Waals surface area contributed by atoms with Crippen LogP contribution >= 0.6 is 0 Å². The molecular weight excluding hydrogens is 186 g/mol. The molecule has 1 atom stereocenters. The lowest BCUT2D eigenvalue weighted by molar-refractivity contribution is -0.143. The van der Waals surface area contributed by atoms with E-state index in [4.69, 9.17) is 10.2 Å². The summed E-state index contributed by atoms with van der Waals surface area (Å²) in [5, 5.41) is 19.5. The quantitative estimate of drug-likeness (QED) is 0.572. The molecule has 0 saturated heterocycles. The highest BCUT2D eigenvalue weighted by Crippen LogP contribution is 2.29. The first-order valence-corrected chi connectivity index (χ1v) is 4.76. The van der Waals surface area contributed by atoms with Crippen molar-refractivity contribution < 1.29 is 19.8 Å². The van der Waals surface area contributed by atoms with E-state index in [0.29, 0.717) is 12.3 Å². The number of carbonyl (C=O) groups excluding carboxylic acids is 1. The van der Waals surface area contributed by atoms with Crippen LogP contribution in [-0.2, 0) is 9.59 Å². The fourth-order valence-corrected chi connectivity index (χ4v) is 1.40. The molecule has 5 heteroatoms. The lowest BCUT2D eigenvalue weighted by Crippen LogP contribution is -2.44. The van der Waals surface area contributed by atoms with E-state index >= 15 is 0 Å². The molecule has 1 rings (SSSR count). The van der Waals surface area contributed by atoms with Gasteiger partial charge in [0.05, 0.1) is 6.61 Å². The van der Waals surface area contributed by atoms with Gasteiger partial charge in [-0.15, -0.1) is 0 Å². The minimum absolute atomic E-state index is 0.281. The monoisotopic (exact) mass is 201 g/mol. The first kappa shape index (κ1) is 11.0. The number of amides is 1. The molecule has 0 aromatic heterocycles. The molecule has 5 nitrogen and oxygen atoms in total. The zero-order chi connectivity index (χ0) is 10.6. The number of hydrogen-bond acceptors (Lipinski definition) is 3. The molecular formula is C9H15NO4. The SMILES string of the molecule is O=C(CC1CCC1)N[C@H](CO)C(=O)O. The highest BCUT2D eigenvalue weighted by Gasteiger charge is 2.24. The molecule has 0 unspecified atom stereocenters. The van der Waals surface area contributed by atoms with Crippen molar-refractivity contribution in [3.8, 4) is 0 Å². The molecule has 0 spiro atoms. The molecule has 0 aromatic rings. The Morgan fingerprint density at radius 3 is 2.43 bits per heavy atom. The van der Waals surface area contributed by atoms with Gasteiger partial charge in [0, 0.05) is 6.42 Å². The Hall–Kier alpha value is -1.10. The summed E-state index contributed by atoms with van der Waals surface area (Å²) in [5.41, 5.74) is 0. The third kappa shape index (κ3) is 2.99. The summed E-state index contributed by atoms with van der Waals surface area (Å²) in [6.45, 7) is -0.564. The van der Waals surface area contributed by atoms with Gasteiger partial charge >= 0.3 is 5.97 Å². The largest absolute Gasteiger partial charge is 0.480 e. The van der Waals surface area contributed by atoms with Crippen molar-refractivity contribution in [3.63, 3.8) is 0 Å². The predicted molar refractivity (Wildman–Crippen MR) is 48.6 cm³/mol. The summed E-state index contributed by atoms with van der Waals surface area (Å²) in [5.74, 6) is -1.08. The highest BCUT2D eigenvalue weighted by atomic mass is 16.4. The molecule has 1 aliphatic carbocycles. The smallest absolute Gasteiger partial charge is 0.328 e. The molecule has 0 heterocycles. The molecule has 80 valence electrons. The molecule has 0 bridgehead atoms. The number of hydrogen-bond donors (Lipinski definition) is 3. The second kappa shape index (κ2) is 4.95. The van der Waals surface area contributed by atoms with Gasteiger partial charge in [-0.3, -0.25) is 4.79 Å². The van der Waals surface area contributed by atoms with E-state index in [1.165, 1.54) is 0 Å². The average molecular weight is 201 g/mol. The Bertz CT molecular complexity index is 225. The van der Waals surface area contributed by atoms with Crippen molar-refractivity contribution in [1.29, 1.82) is 0 Å². The van der Waals surface area contributed by atoms with Crippen LogP contribution in [0.3, 0.4) is 0 Å². The van der Waals surface area contributed by atoms with E-state index in [1.807, 2.05) is 0 Å². The van der Waals surface area contributed by atoms with Crippen LogP contribution < -0.4 is 5.32 Å². The van der Waals surface area contributed by atoms with Crippen molar-refractivity contribution >= 4 is 11.9 Å². The van der Waals surface area contributed by atoms with Crippen LogP contribution in [0.5, 0.6) is 0 Å². The van der Waals surface area contributed by atoms with Crippen LogP contribution in [0.1, 0.15) is 25.7 Å². The summed E-state index contributed by atoms with van der Waals surface area (Å²) < 4.78 is 0. The number of aliphatic hydroxyl groups is 1. The summed E-state index contributed by atoms with van der Waals surface area (Å²) >= 11 is 0. The van der Waals surface area contributed by atoms with E-state index in [-0.39, 0.29) is 5.91 Å². The van der Waals surface area contributed by atoms with Crippen LogP contribution in [0.2, 0.25) is 0 Å². The molecule has 0 aromatic carbocycles. The lowest BCUT2D eigenvalue weighted by atomic mass is 9.83. The number of carboxylic acids is 1. The van der Waals surface area contributed by atoms with Gasteiger partial charge in [0.1, 0.15) is 6.04 Å². The second-order valence-electron chi connectivity index (χ2n) is 3.64. The van der Waals surface area contributed by atoms with Crippen LogP contribution in [0.4, 0.5) is 0 Å². The van der Waals surface area contributed by atoms with Gasteiger partial charge < -0.3 is 15.5 Å². The van der Waals surface area contributed by atoms with Gasteiger partial charge in [0.15, 0.2) is 0 Å². The van der Waals surface area contributed by atoms with Gasteiger partial charge in [-0.05, 0) is 18.8 Å². The summed E-state index contributed by atoms with van der Waals surface area (Å²) in [6.07, 6.45) is 3.62. The maximum Gasteiger partial charge on any atom is 0.328 e. The number of aliphatic hydroxyl groups excluding tert-OH is 1. The van der Waals surface area contributed by atoms with Gasteiger partial charge in [-0.2, -0.15) is 0 Å². The van der Waals surface area contributed by atoms with Crippen LogP contribution in [0, 0.1) is 5.92 Å². The third-order valence-electron chi connectivity index (χ3n) is 2.51. The van der Waals surface area contributed by atoms with Crippen LogP contribution in [-0.4, -0.2) is 34.7 Å². The first-order valence-electron chi connectivity index (χ1n) is 4.76. The fraction of sp³-hybridized carbons (Fsp3) is 0.778. The lowest BCUT2D eigenvalue weighted by Gasteiger charge is -2.25. The Morgan fingerprint density at radius 1 is 1.43 bits per heavy atom. The van der Waals surface area contributed by atoms with Crippen molar-refractivity contribution in [2.75, 3.05) is 6.61 Å². The van der Waals surface area contributed by atoms with E-state index in [9.17, 15) is 9.59 Å². The van der Waals surface area contributed by atoms with Crippen LogP contribution in [0.25, 0.3) is 0 Å². The Labute approximate surface area is 82.1 Å². The maximum atomic E-state index is 11.2. The maximum absolute atomic E-state index is 11.2. The van der Waals surface area contributed by atoms with E-state index < -0.39 is 18.6 Å². The first-order chi connectivity index (χ1) is 6.63. The molecule has 1 saturated carbocycles. The van der Waals surface area contributed by atoms with Gasteiger partial charge in [-0.25, -0.2) is 4.79 Å². The van der Waals surface area contributed by atoms with E-state index in [0.717, 1.165) is 19.3 Å². The summed E-state index contributed by atoms with van der Waals surface area (Å²) in [7, 11) is 0. The summed E-state index contributed by atoms with van der Waals surface area (Å²) in [6, 6.07) is -1.16. The van der Waals surface area contributed by atoms with Crippen molar-refractivity contribution in [2.24, 2.45) is 5.92 Å². The predicted octanol–water partition coefficient (Wildman–Crippen LogP) is -0.262. The third-order valence-corrected chi connectivity index (χ3v) is 2.51. The fourth-order valence-electron chi connectivity index (χ4n) is 1.40. The normalized spacial score (nSPS) is 18.4. The number of nitrogens with one attached hydrogen (secondary N) is 1. The number of carboxylic acid groups (broad SMARTS) is 1. The topological polar surface area (TPSA) is 86.6 Å². The van der Waals surface area contributed by atoms with E-state index in [1.54, 1.807) is 0 Å². The molecule has 0 radical (unpaired) electrons. The van der Waals surface area contributed by atoms with Gasteiger partial charge in [0.25, 0.3) is 0 Å². The van der Waals surface area contributed by atoms with E-state index in [2.05, 4.69) is 5.32 Å². The molecule has 1 amide bonds. The zero-order valence-electron chi connectivity index (χ0n) is 7.90. The Kier molecular flexibility index (Phi) is 3.88. The Balaban J connectivity index is 2.26. The standard InChI is InChI=1S/C9H15NO4/c11-5-7(9(13)14)10-8(12)4-6-2-1-3-6/h6-7,11H,1-5H2,(H,10,12)(H,13,14)/t7-/m1/s1.